The molecule has 0 atom stereocenters. The highest BCUT2D eigenvalue weighted by Crippen LogP contribution is 2.14. The Bertz CT molecular complexity index is 1040. The summed E-state index contributed by atoms with van der Waals surface area (Å²) in [5.41, 5.74) is 0.0966. The van der Waals surface area contributed by atoms with Crippen LogP contribution in [0.15, 0.2) is 58.1 Å². The summed E-state index contributed by atoms with van der Waals surface area (Å²) in [4.78, 5) is 39.0. The minimum atomic E-state index is -0.544. The van der Waals surface area contributed by atoms with Crippen molar-refractivity contribution in [2.24, 2.45) is 0 Å². The van der Waals surface area contributed by atoms with Gasteiger partial charge in [-0.15, -0.1) is 0 Å². The summed E-state index contributed by atoms with van der Waals surface area (Å²) in [7, 11) is 0. The maximum Gasteiger partial charge on any atom is 0.328 e. The number of H-pyrrole nitrogens is 1. The molecule has 1 heterocycles. The second-order valence-electron chi connectivity index (χ2n) is 5.59. The molecule has 0 spiro atoms. The number of carbonyl (C=O) groups excluding carboxylic acids is 1. The van der Waals surface area contributed by atoms with Crippen LogP contribution in [0.1, 0.15) is 12.0 Å². The molecule has 128 valence electrons. The standard InChI is InChI=1S/C18H17N3O4/c22-15-8-4-1-5-12(15)11-19-16(23)9-10-21-17(24)13-6-2-3-7-14(13)20-18(21)25/h1-8,22H,9-11H2,(H,19,23)(H,20,25). The van der Waals surface area contributed by atoms with Gasteiger partial charge in [0.1, 0.15) is 5.75 Å². The van der Waals surface area contributed by atoms with Crippen LogP contribution in [0.3, 0.4) is 0 Å². The summed E-state index contributed by atoms with van der Waals surface area (Å²) in [6.45, 7) is 0.153. The van der Waals surface area contributed by atoms with E-state index >= 15 is 0 Å². The van der Waals surface area contributed by atoms with Gasteiger partial charge in [-0.05, 0) is 18.2 Å². The first-order valence-corrected chi connectivity index (χ1v) is 7.81. The number of para-hydroxylation sites is 2. The summed E-state index contributed by atoms with van der Waals surface area (Å²) in [5.74, 6) is -0.215. The number of phenols is 1. The Labute approximate surface area is 142 Å². The molecule has 0 saturated carbocycles. The van der Waals surface area contributed by atoms with Crippen LogP contribution in [-0.2, 0) is 17.9 Å². The van der Waals surface area contributed by atoms with Crippen molar-refractivity contribution in [1.29, 1.82) is 0 Å². The van der Waals surface area contributed by atoms with Gasteiger partial charge < -0.3 is 15.4 Å². The van der Waals surface area contributed by atoms with Crippen LogP contribution in [0.4, 0.5) is 0 Å². The highest BCUT2D eigenvalue weighted by atomic mass is 16.3. The molecule has 7 heteroatoms. The molecule has 0 unspecified atom stereocenters. The van der Waals surface area contributed by atoms with Gasteiger partial charge in [-0.2, -0.15) is 0 Å². The van der Waals surface area contributed by atoms with E-state index in [1.807, 2.05) is 0 Å². The second kappa shape index (κ2) is 7.04. The number of phenolic OH excluding ortho intramolecular Hbond substituents is 1. The minimum absolute atomic E-state index is 0.0189. The van der Waals surface area contributed by atoms with Crippen molar-refractivity contribution in [3.63, 3.8) is 0 Å². The van der Waals surface area contributed by atoms with Crippen molar-refractivity contribution < 1.29 is 9.90 Å². The normalized spacial score (nSPS) is 10.7. The second-order valence-corrected chi connectivity index (χ2v) is 5.59. The molecule has 3 aromatic rings. The number of nitrogens with zero attached hydrogens (tertiary/aromatic N) is 1. The summed E-state index contributed by atoms with van der Waals surface area (Å²) < 4.78 is 1.02. The van der Waals surface area contributed by atoms with E-state index in [1.165, 1.54) is 6.07 Å². The number of hydrogen-bond donors (Lipinski definition) is 3. The summed E-state index contributed by atoms with van der Waals surface area (Å²) in [5, 5.41) is 12.7. The van der Waals surface area contributed by atoms with E-state index in [-0.39, 0.29) is 31.2 Å². The molecule has 1 amide bonds. The topological polar surface area (TPSA) is 104 Å². The van der Waals surface area contributed by atoms with Gasteiger partial charge >= 0.3 is 5.69 Å². The molecule has 0 aliphatic rings. The molecule has 3 N–H and O–H groups in total. The molecule has 0 aliphatic carbocycles. The van der Waals surface area contributed by atoms with Crippen molar-refractivity contribution in [3.8, 4) is 5.75 Å². The van der Waals surface area contributed by atoms with Gasteiger partial charge in [0, 0.05) is 25.1 Å². The van der Waals surface area contributed by atoms with Gasteiger partial charge in [-0.25, -0.2) is 4.79 Å². The van der Waals surface area contributed by atoms with Crippen molar-refractivity contribution in [1.82, 2.24) is 14.9 Å². The Morgan fingerprint density at radius 3 is 2.60 bits per heavy atom. The molecule has 3 rings (SSSR count). The molecule has 0 radical (unpaired) electrons. The fraction of sp³-hybridized carbons (Fsp3) is 0.167. The Morgan fingerprint density at radius 2 is 1.80 bits per heavy atom. The van der Waals surface area contributed by atoms with Gasteiger partial charge in [0.25, 0.3) is 5.56 Å². The van der Waals surface area contributed by atoms with Gasteiger partial charge in [-0.3, -0.25) is 14.2 Å². The van der Waals surface area contributed by atoms with Crippen LogP contribution in [0.25, 0.3) is 10.9 Å². The maximum absolute atomic E-state index is 12.4. The Kier molecular flexibility index (Phi) is 4.65. The van der Waals surface area contributed by atoms with Crippen LogP contribution in [0.5, 0.6) is 5.75 Å². The number of hydrogen-bond acceptors (Lipinski definition) is 4. The van der Waals surface area contributed by atoms with E-state index in [0.29, 0.717) is 16.5 Å². The third-order valence-corrected chi connectivity index (χ3v) is 3.92. The van der Waals surface area contributed by atoms with Crippen LogP contribution in [0, 0.1) is 0 Å². The molecule has 0 aliphatic heterocycles. The molecule has 25 heavy (non-hydrogen) atoms. The molecule has 0 fully saturated rings. The average Bonchev–Trinajstić information content (AvgIpc) is 2.61. The third kappa shape index (κ3) is 3.60. The van der Waals surface area contributed by atoms with Crippen LogP contribution in [-0.4, -0.2) is 20.6 Å². The highest BCUT2D eigenvalue weighted by molar-refractivity contribution is 5.77. The predicted octanol–water partition coefficient (Wildman–Crippen LogP) is 1.10. The first kappa shape index (κ1) is 16.5. The number of aromatic amines is 1. The van der Waals surface area contributed by atoms with Crippen molar-refractivity contribution >= 4 is 16.8 Å². The molecular formula is C18H17N3O4. The number of nitrogens with one attached hydrogen (secondary N) is 2. The fourth-order valence-electron chi connectivity index (χ4n) is 2.56. The van der Waals surface area contributed by atoms with E-state index in [1.54, 1.807) is 42.5 Å². The number of aromatic hydroxyl groups is 1. The Hall–Kier alpha value is -3.35. The monoisotopic (exact) mass is 339 g/mol. The summed E-state index contributed by atoms with van der Waals surface area (Å²) in [6, 6.07) is 13.4. The molecule has 0 saturated heterocycles. The number of aromatic nitrogens is 2. The van der Waals surface area contributed by atoms with Crippen molar-refractivity contribution in [3.05, 3.63) is 74.9 Å². The lowest BCUT2D eigenvalue weighted by molar-refractivity contribution is -0.121. The average molecular weight is 339 g/mol. The van der Waals surface area contributed by atoms with Crippen LogP contribution < -0.4 is 16.6 Å². The minimum Gasteiger partial charge on any atom is -0.508 e. The molecular weight excluding hydrogens is 322 g/mol. The van der Waals surface area contributed by atoms with Crippen molar-refractivity contribution in [2.45, 2.75) is 19.5 Å². The lowest BCUT2D eigenvalue weighted by Crippen LogP contribution is -2.36. The van der Waals surface area contributed by atoms with E-state index in [0.717, 1.165) is 4.57 Å². The predicted molar refractivity (Wildman–Crippen MR) is 93.4 cm³/mol. The molecule has 0 bridgehead atoms. The fourth-order valence-corrected chi connectivity index (χ4v) is 2.56. The Morgan fingerprint density at radius 1 is 1.08 bits per heavy atom. The number of rotatable bonds is 5. The van der Waals surface area contributed by atoms with Gasteiger partial charge in [0.2, 0.25) is 5.91 Å². The molecule has 1 aromatic heterocycles. The van der Waals surface area contributed by atoms with E-state index in [2.05, 4.69) is 10.3 Å². The van der Waals surface area contributed by atoms with E-state index < -0.39 is 11.2 Å². The van der Waals surface area contributed by atoms with Gasteiger partial charge in [-0.1, -0.05) is 30.3 Å². The largest absolute Gasteiger partial charge is 0.508 e. The zero-order valence-corrected chi connectivity index (χ0v) is 13.4. The van der Waals surface area contributed by atoms with E-state index in [9.17, 15) is 19.5 Å². The first-order valence-electron chi connectivity index (χ1n) is 7.81. The molecule has 2 aromatic carbocycles. The van der Waals surface area contributed by atoms with Crippen LogP contribution >= 0.6 is 0 Å². The van der Waals surface area contributed by atoms with Gasteiger partial charge in [0.05, 0.1) is 10.9 Å². The zero-order valence-electron chi connectivity index (χ0n) is 13.4. The summed E-state index contributed by atoms with van der Waals surface area (Å²) in [6.07, 6.45) is -0.0189. The first-order chi connectivity index (χ1) is 12.1. The zero-order chi connectivity index (χ0) is 17.8. The van der Waals surface area contributed by atoms with Gasteiger partial charge in [0.15, 0.2) is 0 Å². The number of benzene rings is 2. The lowest BCUT2D eigenvalue weighted by atomic mass is 10.2. The number of amides is 1. The Balaban J connectivity index is 1.68. The van der Waals surface area contributed by atoms with E-state index in [4.69, 9.17) is 0 Å². The number of carbonyl (C=O) groups is 1. The van der Waals surface area contributed by atoms with Crippen molar-refractivity contribution in [2.75, 3.05) is 0 Å². The smallest absolute Gasteiger partial charge is 0.328 e. The summed E-state index contributed by atoms with van der Waals surface area (Å²) >= 11 is 0. The quantitative estimate of drug-likeness (QED) is 0.647. The number of fused-ring (bicyclic) bond motifs is 1. The molecule has 7 nitrogen and oxygen atoms in total. The third-order valence-electron chi connectivity index (χ3n) is 3.92. The maximum atomic E-state index is 12.4. The highest BCUT2D eigenvalue weighted by Gasteiger charge is 2.09. The lowest BCUT2D eigenvalue weighted by Gasteiger charge is -2.08. The SMILES string of the molecule is O=C(CCn1c(=O)[nH]c2ccccc2c1=O)NCc1ccccc1O. The van der Waals surface area contributed by atoms with Crippen LogP contribution in [0.2, 0.25) is 0 Å².